The maximum absolute atomic E-state index is 12.5. The van der Waals surface area contributed by atoms with Crippen LogP contribution >= 0.6 is 0 Å². The van der Waals surface area contributed by atoms with Crippen molar-refractivity contribution in [3.05, 3.63) is 54.2 Å². The summed E-state index contributed by atoms with van der Waals surface area (Å²) in [6.45, 7) is 2.05. The number of aryl methyl sites for hydroxylation is 1. The van der Waals surface area contributed by atoms with Gasteiger partial charge in [0.05, 0.1) is 0 Å². The number of rotatable bonds is 3. The van der Waals surface area contributed by atoms with E-state index in [-0.39, 0.29) is 12.1 Å². The van der Waals surface area contributed by atoms with E-state index < -0.39 is 0 Å². The fourth-order valence-electron chi connectivity index (χ4n) is 3.51. The third-order valence-corrected chi connectivity index (χ3v) is 4.74. The summed E-state index contributed by atoms with van der Waals surface area (Å²) in [6.07, 6.45) is 6.42. The van der Waals surface area contributed by atoms with Crippen LogP contribution < -0.4 is 10.6 Å². The smallest absolute Gasteiger partial charge is 0.320 e. The van der Waals surface area contributed by atoms with Gasteiger partial charge in [0.25, 0.3) is 0 Å². The topological polar surface area (TPSA) is 58.4 Å². The lowest BCUT2D eigenvalue weighted by atomic mass is 10.1. The molecule has 1 aliphatic carbocycles. The van der Waals surface area contributed by atoms with Crippen molar-refractivity contribution in [1.29, 1.82) is 0 Å². The molecule has 0 aliphatic heterocycles. The minimum atomic E-state index is -0.161. The number of nitrogens with zero attached hydrogens (tertiary/aromatic N) is 2. The maximum Gasteiger partial charge on any atom is 0.320 e. The highest BCUT2D eigenvalue weighted by Gasteiger charge is 2.20. The average Bonchev–Trinajstić information content (AvgIpc) is 3.23. The quantitative estimate of drug-likeness (QED) is 0.747. The first-order valence-electron chi connectivity index (χ1n) is 8.82. The Labute approximate surface area is 147 Å². The standard InChI is InChI=1S/C20H22N4O/c1-14-7-6-8-15(13-14)18-19(24-12-5-4-11-17(24)22-18)23-20(25)21-16-9-2-3-10-16/h4-8,11-13,16H,2-3,9-10H2,1H3,(H2,21,23,25). The van der Waals surface area contributed by atoms with Gasteiger partial charge in [0.15, 0.2) is 0 Å². The number of imidazole rings is 1. The minimum absolute atomic E-state index is 0.161. The van der Waals surface area contributed by atoms with Crippen molar-refractivity contribution >= 4 is 17.5 Å². The van der Waals surface area contributed by atoms with Crippen molar-refractivity contribution in [2.24, 2.45) is 0 Å². The van der Waals surface area contributed by atoms with Crippen molar-refractivity contribution in [2.75, 3.05) is 5.32 Å². The van der Waals surface area contributed by atoms with Crippen LogP contribution in [0.1, 0.15) is 31.2 Å². The summed E-state index contributed by atoms with van der Waals surface area (Å²) in [5.74, 6) is 0.705. The molecule has 128 valence electrons. The predicted octanol–water partition coefficient (Wildman–Crippen LogP) is 4.37. The summed E-state index contributed by atoms with van der Waals surface area (Å²) in [7, 11) is 0. The monoisotopic (exact) mass is 334 g/mol. The number of carbonyl (C=O) groups is 1. The minimum Gasteiger partial charge on any atom is -0.335 e. The van der Waals surface area contributed by atoms with Crippen molar-refractivity contribution in [2.45, 2.75) is 38.6 Å². The lowest BCUT2D eigenvalue weighted by Crippen LogP contribution is -2.36. The summed E-state index contributed by atoms with van der Waals surface area (Å²) in [5, 5.41) is 6.11. The van der Waals surface area contributed by atoms with E-state index in [4.69, 9.17) is 4.98 Å². The van der Waals surface area contributed by atoms with Crippen LogP contribution in [0.4, 0.5) is 10.6 Å². The molecule has 0 saturated heterocycles. The second-order valence-electron chi connectivity index (χ2n) is 6.69. The third kappa shape index (κ3) is 3.22. The predicted molar refractivity (Wildman–Crippen MR) is 99.8 cm³/mol. The van der Waals surface area contributed by atoms with Crippen LogP contribution in [0, 0.1) is 6.92 Å². The molecule has 0 bridgehead atoms. The number of aromatic nitrogens is 2. The van der Waals surface area contributed by atoms with E-state index in [1.54, 1.807) is 0 Å². The van der Waals surface area contributed by atoms with Gasteiger partial charge in [0.2, 0.25) is 0 Å². The van der Waals surface area contributed by atoms with E-state index in [1.165, 1.54) is 12.8 Å². The number of nitrogens with one attached hydrogen (secondary N) is 2. The van der Waals surface area contributed by atoms with Gasteiger partial charge in [-0.1, -0.05) is 42.7 Å². The summed E-state index contributed by atoms with van der Waals surface area (Å²) in [5.41, 5.74) is 3.77. The number of pyridine rings is 1. The fourth-order valence-corrected chi connectivity index (χ4v) is 3.51. The molecular formula is C20H22N4O. The van der Waals surface area contributed by atoms with Crippen LogP contribution in [0.3, 0.4) is 0 Å². The van der Waals surface area contributed by atoms with Crippen molar-refractivity contribution < 1.29 is 4.79 Å². The second kappa shape index (κ2) is 6.59. The van der Waals surface area contributed by atoms with Crippen LogP contribution in [0.25, 0.3) is 16.9 Å². The Hall–Kier alpha value is -2.82. The summed E-state index contributed by atoms with van der Waals surface area (Å²) < 4.78 is 1.92. The van der Waals surface area contributed by atoms with Gasteiger partial charge in [-0.05, 0) is 38.0 Å². The molecule has 25 heavy (non-hydrogen) atoms. The highest BCUT2D eigenvalue weighted by atomic mass is 16.2. The van der Waals surface area contributed by atoms with Gasteiger partial charge in [0, 0.05) is 17.8 Å². The first-order chi connectivity index (χ1) is 12.2. The van der Waals surface area contributed by atoms with Crippen LogP contribution in [0.2, 0.25) is 0 Å². The Bertz CT molecular complexity index is 909. The van der Waals surface area contributed by atoms with E-state index in [1.807, 2.05) is 40.9 Å². The normalized spacial score (nSPS) is 14.8. The van der Waals surface area contributed by atoms with Gasteiger partial charge in [-0.15, -0.1) is 0 Å². The first-order valence-corrected chi connectivity index (χ1v) is 8.82. The highest BCUT2D eigenvalue weighted by molar-refractivity contribution is 5.93. The molecule has 5 heteroatoms. The molecule has 0 unspecified atom stereocenters. The fraction of sp³-hybridized carbons (Fsp3) is 0.300. The summed E-state index contributed by atoms with van der Waals surface area (Å²) in [6, 6.07) is 14.1. The van der Waals surface area contributed by atoms with Crippen molar-refractivity contribution in [3.8, 4) is 11.3 Å². The van der Waals surface area contributed by atoms with Gasteiger partial charge in [-0.2, -0.15) is 0 Å². The lowest BCUT2D eigenvalue weighted by molar-refractivity contribution is 0.248. The molecule has 2 heterocycles. The first kappa shape index (κ1) is 15.7. The number of anilines is 1. The lowest BCUT2D eigenvalue weighted by Gasteiger charge is -2.13. The SMILES string of the molecule is Cc1cccc(-c2nc3ccccn3c2NC(=O)NC2CCCC2)c1. The zero-order valence-corrected chi connectivity index (χ0v) is 14.3. The third-order valence-electron chi connectivity index (χ3n) is 4.74. The average molecular weight is 334 g/mol. The van der Waals surface area contributed by atoms with Crippen LogP contribution in [0.5, 0.6) is 0 Å². The number of hydrogen-bond donors (Lipinski definition) is 2. The molecule has 1 aliphatic rings. The molecule has 2 aromatic heterocycles. The molecule has 5 nitrogen and oxygen atoms in total. The maximum atomic E-state index is 12.5. The second-order valence-corrected chi connectivity index (χ2v) is 6.69. The Morgan fingerprint density at radius 2 is 2.00 bits per heavy atom. The highest BCUT2D eigenvalue weighted by Crippen LogP contribution is 2.29. The van der Waals surface area contributed by atoms with Crippen molar-refractivity contribution in [3.63, 3.8) is 0 Å². The molecule has 2 amide bonds. The molecule has 0 radical (unpaired) electrons. The van der Waals surface area contributed by atoms with Gasteiger partial charge >= 0.3 is 6.03 Å². The van der Waals surface area contributed by atoms with E-state index in [9.17, 15) is 4.79 Å². The van der Waals surface area contributed by atoms with E-state index in [0.29, 0.717) is 5.82 Å². The zero-order valence-electron chi connectivity index (χ0n) is 14.3. The Balaban J connectivity index is 1.70. The van der Waals surface area contributed by atoms with E-state index >= 15 is 0 Å². The molecular weight excluding hydrogens is 312 g/mol. The number of fused-ring (bicyclic) bond motifs is 1. The molecule has 2 N–H and O–H groups in total. The number of benzene rings is 1. The van der Waals surface area contributed by atoms with Gasteiger partial charge in [0.1, 0.15) is 17.2 Å². The van der Waals surface area contributed by atoms with Crippen LogP contribution in [-0.2, 0) is 0 Å². The van der Waals surface area contributed by atoms with Gasteiger partial charge < -0.3 is 5.32 Å². The molecule has 0 atom stereocenters. The molecule has 0 spiro atoms. The number of hydrogen-bond acceptors (Lipinski definition) is 2. The van der Waals surface area contributed by atoms with Crippen LogP contribution in [0.15, 0.2) is 48.7 Å². The largest absolute Gasteiger partial charge is 0.335 e. The Kier molecular flexibility index (Phi) is 4.14. The van der Waals surface area contributed by atoms with E-state index in [0.717, 1.165) is 35.3 Å². The van der Waals surface area contributed by atoms with Crippen molar-refractivity contribution in [1.82, 2.24) is 14.7 Å². The van der Waals surface area contributed by atoms with Crippen LogP contribution in [-0.4, -0.2) is 21.5 Å². The number of amides is 2. The molecule has 3 aromatic rings. The molecule has 1 saturated carbocycles. The number of urea groups is 1. The molecule has 4 rings (SSSR count). The summed E-state index contributed by atoms with van der Waals surface area (Å²) >= 11 is 0. The molecule has 1 fully saturated rings. The Morgan fingerprint density at radius 1 is 1.16 bits per heavy atom. The van der Waals surface area contributed by atoms with Gasteiger partial charge in [-0.3, -0.25) is 9.72 Å². The Morgan fingerprint density at radius 3 is 2.80 bits per heavy atom. The summed E-state index contributed by atoms with van der Waals surface area (Å²) in [4.78, 5) is 17.2. The van der Waals surface area contributed by atoms with Gasteiger partial charge in [-0.25, -0.2) is 9.78 Å². The van der Waals surface area contributed by atoms with E-state index in [2.05, 4.69) is 29.7 Å². The zero-order chi connectivity index (χ0) is 17.2. The molecule has 1 aromatic carbocycles. The number of carbonyl (C=O) groups excluding carboxylic acids is 1.